The molecule has 0 aromatic heterocycles. The van der Waals surface area contributed by atoms with Gasteiger partial charge in [0, 0.05) is 12.1 Å². The third kappa shape index (κ3) is 7.11. The van der Waals surface area contributed by atoms with E-state index in [0.717, 1.165) is 0 Å². The SMILES string of the molecule is CC(C)N(C(C)C)P(Cl)CC(=O)OC(C)(C)CC#N. The topological polar surface area (TPSA) is 53.3 Å². The number of hydrogen-bond acceptors (Lipinski definition) is 4. The number of halogens is 1. The van der Waals surface area contributed by atoms with E-state index in [1.165, 1.54) is 0 Å². The fourth-order valence-electron chi connectivity index (χ4n) is 1.85. The summed E-state index contributed by atoms with van der Waals surface area (Å²) in [4.78, 5) is 11.9. The summed E-state index contributed by atoms with van der Waals surface area (Å²) in [5.74, 6) is -0.340. The molecule has 0 aliphatic rings. The molecule has 0 saturated heterocycles. The van der Waals surface area contributed by atoms with E-state index in [0.29, 0.717) is 0 Å². The second kappa shape index (κ2) is 8.04. The molecule has 4 nitrogen and oxygen atoms in total. The Morgan fingerprint density at radius 1 is 1.37 bits per heavy atom. The Bertz CT molecular complexity index is 332. The quantitative estimate of drug-likeness (QED) is 0.529. The zero-order valence-corrected chi connectivity index (χ0v) is 14.3. The van der Waals surface area contributed by atoms with Crippen molar-refractivity contribution >= 4 is 24.6 Å². The fourth-order valence-corrected chi connectivity index (χ4v) is 4.64. The first-order valence-corrected chi connectivity index (χ1v) is 8.79. The van der Waals surface area contributed by atoms with E-state index >= 15 is 0 Å². The Labute approximate surface area is 122 Å². The minimum absolute atomic E-state index is 0.178. The van der Waals surface area contributed by atoms with E-state index < -0.39 is 13.0 Å². The molecule has 0 N–H and O–H groups in total. The number of rotatable bonds is 7. The van der Waals surface area contributed by atoms with E-state index in [2.05, 4.69) is 32.4 Å². The number of ether oxygens (including phenoxy) is 1. The third-order valence-electron chi connectivity index (χ3n) is 2.46. The van der Waals surface area contributed by atoms with Crippen LogP contribution in [-0.2, 0) is 9.53 Å². The summed E-state index contributed by atoms with van der Waals surface area (Å²) < 4.78 is 7.42. The molecule has 0 heterocycles. The number of carbonyl (C=O) groups excluding carboxylic acids is 1. The number of hydrogen-bond donors (Lipinski definition) is 0. The van der Waals surface area contributed by atoms with Crippen LogP contribution >= 0.6 is 18.7 Å². The highest BCUT2D eigenvalue weighted by molar-refractivity contribution is 7.82. The second-order valence-electron chi connectivity index (χ2n) is 5.63. The lowest BCUT2D eigenvalue weighted by Crippen LogP contribution is -2.34. The maximum atomic E-state index is 11.9. The molecule has 1 unspecified atom stereocenters. The molecular weight excluding hydrogens is 283 g/mol. The Morgan fingerprint density at radius 3 is 2.21 bits per heavy atom. The van der Waals surface area contributed by atoms with Crippen LogP contribution in [0.3, 0.4) is 0 Å². The molecule has 110 valence electrons. The minimum Gasteiger partial charge on any atom is -0.458 e. The molecule has 6 heteroatoms. The summed E-state index contributed by atoms with van der Waals surface area (Å²) in [7, 11) is -1.08. The van der Waals surface area contributed by atoms with Gasteiger partial charge in [0.05, 0.1) is 26.1 Å². The zero-order chi connectivity index (χ0) is 15.2. The molecule has 0 fully saturated rings. The van der Waals surface area contributed by atoms with Crippen molar-refractivity contribution in [2.75, 3.05) is 6.16 Å². The molecule has 0 amide bonds. The maximum absolute atomic E-state index is 11.9. The van der Waals surface area contributed by atoms with Crippen LogP contribution < -0.4 is 0 Å². The van der Waals surface area contributed by atoms with Gasteiger partial charge in [0.1, 0.15) is 5.60 Å². The van der Waals surface area contributed by atoms with Crippen LogP contribution in [-0.4, -0.2) is 34.5 Å². The van der Waals surface area contributed by atoms with Gasteiger partial charge >= 0.3 is 5.97 Å². The number of esters is 1. The number of nitrogens with zero attached hydrogens (tertiary/aromatic N) is 2. The van der Waals surface area contributed by atoms with Crippen LogP contribution in [0.25, 0.3) is 0 Å². The smallest absolute Gasteiger partial charge is 0.313 e. The maximum Gasteiger partial charge on any atom is 0.313 e. The summed E-state index contributed by atoms with van der Waals surface area (Å²) in [5.41, 5.74) is -0.751. The van der Waals surface area contributed by atoms with Gasteiger partial charge in [0.25, 0.3) is 0 Å². The summed E-state index contributed by atoms with van der Waals surface area (Å²) in [6.45, 7) is 11.7. The molecule has 0 aromatic rings. The Balaban J connectivity index is 4.52. The zero-order valence-electron chi connectivity index (χ0n) is 12.6. The highest BCUT2D eigenvalue weighted by Gasteiger charge is 2.28. The highest BCUT2D eigenvalue weighted by atomic mass is 35.7. The van der Waals surface area contributed by atoms with Gasteiger partial charge in [-0.05, 0) is 41.5 Å². The van der Waals surface area contributed by atoms with Gasteiger partial charge in [0.2, 0.25) is 0 Å². The van der Waals surface area contributed by atoms with Gasteiger partial charge in [-0.25, -0.2) is 0 Å². The second-order valence-corrected chi connectivity index (χ2v) is 8.25. The van der Waals surface area contributed by atoms with Gasteiger partial charge in [-0.1, -0.05) is 11.2 Å². The van der Waals surface area contributed by atoms with Crippen LogP contribution in [0.4, 0.5) is 0 Å². The van der Waals surface area contributed by atoms with Crippen molar-refractivity contribution in [3.8, 4) is 6.07 Å². The lowest BCUT2D eigenvalue weighted by molar-refractivity contribution is -0.152. The molecule has 19 heavy (non-hydrogen) atoms. The van der Waals surface area contributed by atoms with Crippen LogP contribution in [0.5, 0.6) is 0 Å². The summed E-state index contributed by atoms with van der Waals surface area (Å²) in [6, 6.07) is 2.57. The van der Waals surface area contributed by atoms with Crippen LogP contribution in [0, 0.1) is 11.3 Å². The molecule has 0 aliphatic carbocycles. The van der Waals surface area contributed by atoms with E-state index in [1.54, 1.807) is 13.8 Å². The standard InChI is InChI=1S/C13H24ClN2O2P/c1-10(2)16(11(3)4)19(14)9-12(17)18-13(5,6)7-8-15/h10-11H,7,9H2,1-6H3. The highest BCUT2D eigenvalue weighted by Crippen LogP contribution is 2.48. The van der Waals surface area contributed by atoms with Crippen molar-refractivity contribution in [3.63, 3.8) is 0 Å². The lowest BCUT2D eigenvalue weighted by Gasteiger charge is -2.34. The Kier molecular flexibility index (Phi) is 7.89. The summed E-state index contributed by atoms with van der Waals surface area (Å²) in [6.07, 6.45) is 0.360. The van der Waals surface area contributed by atoms with Crippen LogP contribution in [0.2, 0.25) is 0 Å². The molecule has 1 atom stereocenters. The number of nitriles is 1. The molecule has 0 aromatic carbocycles. The fraction of sp³-hybridized carbons (Fsp3) is 0.846. The van der Waals surface area contributed by atoms with Gasteiger partial charge < -0.3 is 4.74 Å². The van der Waals surface area contributed by atoms with E-state index in [-0.39, 0.29) is 30.6 Å². The van der Waals surface area contributed by atoms with Crippen molar-refractivity contribution in [1.82, 2.24) is 4.67 Å². The van der Waals surface area contributed by atoms with E-state index in [9.17, 15) is 4.79 Å². The van der Waals surface area contributed by atoms with Crippen molar-refractivity contribution in [3.05, 3.63) is 0 Å². The molecule has 0 bridgehead atoms. The Morgan fingerprint density at radius 2 is 1.84 bits per heavy atom. The van der Waals surface area contributed by atoms with Crippen molar-refractivity contribution in [2.45, 2.75) is 65.6 Å². The molecule has 0 radical (unpaired) electrons. The van der Waals surface area contributed by atoms with Crippen molar-refractivity contribution < 1.29 is 9.53 Å². The Hall–Kier alpha value is -0.360. The normalized spacial score (nSPS) is 13.7. The number of carbonyl (C=O) groups is 1. The van der Waals surface area contributed by atoms with Gasteiger partial charge in [0.15, 0.2) is 0 Å². The first-order valence-electron chi connectivity index (χ1n) is 6.41. The van der Waals surface area contributed by atoms with Gasteiger partial charge in [-0.3, -0.25) is 9.46 Å². The summed E-state index contributed by atoms with van der Waals surface area (Å²) in [5, 5.41) is 8.66. The molecule has 0 spiro atoms. The largest absolute Gasteiger partial charge is 0.458 e. The van der Waals surface area contributed by atoms with Crippen molar-refractivity contribution in [1.29, 1.82) is 5.26 Å². The summed E-state index contributed by atoms with van der Waals surface area (Å²) >= 11 is 6.36. The first kappa shape index (κ1) is 18.6. The van der Waals surface area contributed by atoms with Gasteiger partial charge in [-0.15, -0.1) is 0 Å². The predicted octanol–water partition coefficient (Wildman–Crippen LogP) is 3.89. The molecular formula is C13H24ClN2O2P. The van der Waals surface area contributed by atoms with E-state index in [1.807, 2.05) is 6.07 Å². The molecule has 0 saturated carbocycles. The van der Waals surface area contributed by atoms with Crippen molar-refractivity contribution in [2.24, 2.45) is 0 Å². The third-order valence-corrected chi connectivity index (χ3v) is 5.29. The average Bonchev–Trinajstić information content (AvgIpc) is 2.13. The monoisotopic (exact) mass is 306 g/mol. The minimum atomic E-state index is -1.08. The predicted molar refractivity (Wildman–Crippen MR) is 80.2 cm³/mol. The lowest BCUT2D eigenvalue weighted by atomic mass is 10.1. The van der Waals surface area contributed by atoms with Crippen LogP contribution in [0.1, 0.15) is 48.0 Å². The average molecular weight is 307 g/mol. The molecule has 0 rings (SSSR count). The van der Waals surface area contributed by atoms with Gasteiger partial charge in [-0.2, -0.15) is 5.26 Å². The van der Waals surface area contributed by atoms with E-state index in [4.69, 9.17) is 21.2 Å². The first-order chi connectivity index (χ1) is 8.60. The van der Waals surface area contributed by atoms with Crippen LogP contribution in [0.15, 0.2) is 0 Å². The molecule has 0 aliphatic heterocycles.